The van der Waals surface area contributed by atoms with Crippen LogP contribution in [0.2, 0.25) is 0 Å². The van der Waals surface area contributed by atoms with Crippen LogP contribution in [0, 0.1) is 0 Å². The summed E-state index contributed by atoms with van der Waals surface area (Å²) in [5.41, 5.74) is 0. The fourth-order valence-electron chi connectivity index (χ4n) is 3.53. The molecule has 1 fully saturated rings. The lowest BCUT2D eigenvalue weighted by molar-refractivity contribution is 0.288. The predicted molar refractivity (Wildman–Crippen MR) is 110 cm³/mol. The van der Waals surface area contributed by atoms with Gasteiger partial charge in [0.1, 0.15) is 12.4 Å². The maximum atomic E-state index is 6.00. The van der Waals surface area contributed by atoms with Gasteiger partial charge in [0.15, 0.2) is 11.0 Å². The Morgan fingerprint density at radius 2 is 1.85 bits per heavy atom. The molecular weight excluding hydrogens is 356 g/mol. The molecule has 5 nitrogen and oxygen atoms in total. The van der Waals surface area contributed by atoms with Gasteiger partial charge < -0.3 is 14.2 Å². The highest BCUT2D eigenvalue weighted by molar-refractivity contribution is 7.99. The summed E-state index contributed by atoms with van der Waals surface area (Å²) in [4.78, 5) is 2.53. The Hall–Kier alpha value is -2.05. The Balaban J connectivity index is 1.37. The van der Waals surface area contributed by atoms with E-state index in [2.05, 4.69) is 56.9 Å². The molecule has 0 amide bonds. The predicted octanol–water partition coefficient (Wildman–Crippen LogP) is 4.22. The molecule has 2 heterocycles. The van der Waals surface area contributed by atoms with Gasteiger partial charge in [0, 0.05) is 18.8 Å². The lowest BCUT2D eigenvalue weighted by Gasteiger charge is -2.14. The van der Waals surface area contributed by atoms with Gasteiger partial charge in [-0.15, -0.1) is 10.2 Å². The number of rotatable bonds is 8. The van der Waals surface area contributed by atoms with Crippen molar-refractivity contribution in [1.29, 1.82) is 0 Å². The number of nitrogens with zero attached hydrogens (tertiary/aromatic N) is 4. The molecule has 0 aliphatic carbocycles. The van der Waals surface area contributed by atoms with E-state index in [1.807, 2.05) is 12.1 Å². The summed E-state index contributed by atoms with van der Waals surface area (Å²) in [6.07, 6.45) is 2.68. The minimum absolute atomic E-state index is 0.436. The maximum absolute atomic E-state index is 6.00. The summed E-state index contributed by atoms with van der Waals surface area (Å²) in [6.45, 7) is 7.04. The maximum Gasteiger partial charge on any atom is 0.191 e. The van der Waals surface area contributed by atoms with Crippen molar-refractivity contribution in [3.8, 4) is 5.75 Å². The average molecular weight is 383 g/mol. The number of ether oxygens (including phenoxy) is 1. The highest BCUT2D eigenvalue weighted by Crippen LogP contribution is 2.22. The van der Waals surface area contributed by atoms with E-state index in [9.17, 15) is 0 Å². The fraction of sp³-hybridized carbons (Fsp3) is 0.429. The second-order valence-electron chi connectivity index (χ2n) is 6.84. The van der Waals surface area contributed by atoms with Crippen LogP contribution in [0.3, 0.4) is 0 Å². The van der Waals surface area contributed by atoms with Crippen molar-refractivity contribution in [1.82, 2.24) is 19.7 Å². The summed E-state index contributed by atoms with van der Waals surface area (Å²) in [7, 11) is 0. The quantitative estimate of drug-likeness (QED) is 0.546. The molecule has 1 aliphatic rings. The lowest BCUT2D eigenvalue weighted by Crippen LogP contribution is -2.22. The van der Waals surface area contributed by atoms with E-state index in [0.717, 1.165) is 35.6 Å². The molecule has 0 saturated carbocycles. The van der Waals surface area contributed by atoms with Crippen molar-refractivity contribution in [2.75, 3.05) is 25.4 Å². The van der Waals surface area contributed by atoms with Crippen LogP contribution in [0.15, 0.2) is 47.6 Å². The van der Waals surface area contributed by atoms with Gasteiger partial charge in [-0.2, -0.15) is 0 Å². The normalized spacial score (nSPS) is 14.9. The highest BCUT2D eigenvalue weighted by atomic mass is 32.2. The van der Waals surface area contributed by atoms with Crippen molar-refractivity contribution in [3.05, 3.63) is 48.3 Å². The second-order valence-corrected chi connectivity index (χ2v) is 7.90. The van der Waals surface area contributed by atoms with Gasteiger partial charge >= 0.3 is 0 Å². The van der Waals surface area contributed by atoms with Crippen molar-refractivity contribution in [2.45, 2.75) is 38.1 Å². The number of hydrogen-bond donors (Lipinski definition) is 0. The Morgan fingerprint density at radius 1 is 1.04 bits per heavy atom. The van der Waals surface area contributed by atoms with E-state index < -0.39 is 0 Å². The Morgan fingerprint density at radius 3 is 2.67 bits per heavy atom. The lowest BCUT2D eigenvalue weighted by atomic mass is 10.1. The largest absolute Gasteiger partial charge is 0.486 e. The number of thioether (sulfide) groups is 1. The molecular formula is C21H26N4OS. The summed E-state index contributed by atoms with van der Waals surface area (Å²) < 4.78 is 8.16. The van der Waals surface area contributed by atoms with E-state index in [0.29, 0.717) is 6.61 Å². The topological polar surface area (TPSA) is 43.2 Å². The van der Waals surface area contributed by atoms with Gasteiger partial charge in [0.25, 0.3) is 0 Å². The fourth-order valence-corrected chi connectivity index (χ4v) is 4.55. The van der Waals surface area contributed by atoms with Crippen LogP contribution in [0.25, 0.3) is 10.8 Å². The van der Waals surface area contributed by atoms with E-state index >= 15 is 0 Å². The second kappa shape index (κ2) is 8.76. The zero-order valence-electron chi connectivity index (χ0n) is 15.8. The van der Waals surface area contributed by atoms with Gasteiger partial charge in [-0.3, -0.25) is 0 Å². The molecule has 0 unspecified atom stereocenters. The van der Waals surface area contributed by atoms with Crippen molar-refractivity contribution in [3.63, 3.8) is 0 Å². The van der Waals surface area contributed by atoms with Gasteiger partial charge in [-0.25, -0.2) is 0 Å². The Kier molecular flexibility index (Phi) is 5.94. The molecule has 0 N–H and O–H groups in total. The van der Waals surface area contributed by atoms with Gasteiger partial charge in [-0.05, 0) is 55.8 Å². The molecule has 1 saturated heterocycles. The third-order valence-corrected chi connectivity index (χ3v) is 5.98. The van der Waals surface area contributed by atoms with Gasteiger partial charge in [0.05, 0.1) is 0 Å². The first-order valence-corrected chi connectivity index (χ1v) is 10.7. The Bertz CT molecular complexity index is 889. The van der Waals surface area contributed by atoms with Crippen molar-refractivity contribution >= 4 is 22.5 Å². The molecule has 0 bridgehead atoms. The van der Waals surface area contributed by atoms with E-state index in [4.69, 9.17) is 4.74 Å². The molecule has 27 heavy (non-hydrogen) atoms. The smallest absolute Gasteiger partial charge is 0.191 e. The van der Waals surface area contributed by atoms with Crippen molar-refractivity contribution in [2.24, 2.45) is 0 Å². The average Bonchev–Trinajstić information content (AvgIpc) is 3.36. The number of benzene rings is 2. The molecule has 0 spiro atoms. The van der Waals surface area contributed by atoms with Crippen LogP contribution in [-0.4, -0.2) is 45.1 Å². The van der Waals surface area contributed by atoms with Crippen LogP contribution in [0.1, 0.15) is 25.6 Å². The zero-order valence-corrected chi connectivity index (χ0v) is 16.6. The van der Waals surface area contributed by atoms with Crippen LogP contribution in [-0.2, 0) is 13.2 Å². The van der Waals surface area contributed by atoms with Crippen molar-refractivity contribution < 1.29 is 4.74 Å². The third kappa shape index (κ3) is 4.45. The Labute approximate surface area is 164 Å². The van der Waals surface area contributed by atoms with Crippen LogP contribution in [0.5, 0.6) is 5.75 Å². The molecule has 0 atom stereocenters. The number of hydrogen-bond acceptors (Lipinski definition) is 5. The van der Waals surface area contributed by atoms with Gasteiger partial charge in [-0.1, -0.05) is 42.1 Å². The molecule has 3 aromatic rings. The third-order valence-electron chi connectivity index (χ3n) is 5.04. The molecule has 4 rings (SSSR count). The SMILES string of the molecule is CCn1c(COc2ccc3ccccc3c2)nnc1SCCN1CCCC1. The van der Waals surface area contributed by atoms with Gasteiger partial charge in [0.2, 0.25) is 0 Å². The summed E-state index contributed by atoms with van der Waals surface area (Å²) in [6, 6.07) is 14.5. The summed E-state index contributed by atoms with van der Waals surface area (Å²) in [5, 5.41) is 12.2. The molecule has 1 aliphatic heterocycles. The van der Waals surface area contributed by atoms with Crippen LogP contribution in [0.4, 0.5) is 0 Å². The van der Waals surface area contributed by atoms with E-state index in [1.165, 1.54) is 36.7 Å². The first-order chi connectivity index (χ1) is 13.3. The van der Waals surface area contributed by atoms with E-state index in [1.54, 1.807) is 11.8 Å². The molecule has 142 valence electrons. The zero-order chi connectivity index (χ0) is 18.5. The molecule has 2 aromatic carbocycles. The van der Waals surface area contributed by atoms with Crippen LogP contribution < -0.4 is 4.74 Å². The number of likely N-dealkylation sites (tertiary alicyclic amines) is 1. The summed E-state index contributed by atoms with van der Waals surface area (Å²) in [5.74, 6) is 2.81. The first-order valence-electron chi connectivity index (χ1n) is 9.72. The minimum Gasteiger partial charge on any atom is -0.486 e. The number of fused-ring (bicyclic) bond motifs is 1. The molecule has 1 aromatic heterocycles. The standard InChI is InChI=1S/C21H26N4OS/c1-2-25-20(22-23-21(25)27-14-13-24-11-5-6-12-24)16-26-19-10-9-17-7-3-4-8-18(17)15-19/h3-4,7-10,15H,2,5-6,11-14,16H2,1H3. The molecule has 0 radical (unpaired) electrons. The monoisotopic (exact) mass is 382 g/mol. The first kappa shape index (κ1) is 18.3. The van der Waals surface area contributed by atoms with E-state index in [-0.39, 0.29) is 0 Å². The highest BCUT2D eigenvalue weighted by Gasteiger charge is 2.14. The van der Waals surface area contributed by atoms with Crippen LogP contribution >= 0.6 is 11.8 Å². The number of aromatic nitrogens is 3. The summed E-state index contributed by atoms with van der Waals surface area (Å²) >= 11 is 1.79. The minimum atomic E-state index is 0.436. The molecule has 6 heteroatoms.